The topological polar surface area (TPSA) is 93.7 Å². The molecule has 2 aromatic carbocycles. The van der Waals surface area contributed by atoms with Crippen LogP contribution in [-0.4, -0.2) is 30.0 Å². The maximum atomic E-state index is 12.3. The first-order valence-electron chi connectivity index (χ1n) is 9.08. The van der Waals surface area contributed by atoms with Gasteiger partial charge in [-0.05, 0) is 38.0 Å². The van der Waals surface area contributed by atoms with Crippen molar-refractivity contribution in [3.63, 3.8) is 0 Å². The highest BCUT2D eigenvalue weighted by molar-refractivity contribution is 6.14. The zero-order chi connectivity index (χ0) is 20.1. The first kappa shape index (κ1) is 19.4. The van der Waals surface area contributed by atoms with E-state index in [0.29, 0.717) is 24.2 Å². The predicted molar refractivity (Wildman–Crippen MR) is 104 cm³/mol. The molecule has 0 unspecified atom stereocenters. The van der Waals surface area contributed by atoms with Crippen molar-refractivity contribution in [3.8, 4) is 5.75 Å². The Kier molecular flexibility index (Phi) is 5.63. The van der Waals surface area contributed by atoms with E-state index in [2.05, 4.69) is 10.6 Å². The number of carbonyl (C=O) groups is 3. The SMILES string of the molecule is CCOC(=O)[C@]1(C)Oc2cc(NC(=O)CCc3ccccc3)ccc2NC1=O. The Balaban J connectivity index is 1.68. The Morgan fingerprint density at radius 3 is 2.64 bits per heavy atom. The summed E-state index contributed by atoms with van der Waals surface area (Å²) in [6.45, 7) is 3.14. The molecule has 1 aliphatic rings. The lowest BCUT2D eigenvalue weighted by Crippen LogP contribution is -2.55. The van der Waals surface area contributed by atoms with Gasteiger partial charge >= 0.3 is 5.97 Å². The van der Waals surface area contributed by atoms with Crippen LogP contribution in [0.1, 0.15) is 25.8 Å². The van der Waals surface area contributed by atoms with Crippen molar-refractivity contribution in [2.75, 3.05) is 17.2 Å². The molecule has 0 saturated heterocycles. The van der Waals surface area contributed by atoms with Crippen molar-refractivity contribution in [2.45, 2.75) is 32.3 Å². The summed E-state index contributed by atoms with van der Waals surface area (Å²) >= 11 is 0. The zero-order valence-electron chi connectivity index (χ0n) is 15.8. The van der Waals surface area contributed by atoms with E-state index in [1.54, 1.807) is 25.1 Å². The van der Waals surface area contributed by atoms with Crippen molar-refractivity contribution in [1.29, 1.82) is 0 Å². The van der Waals surface area contributed by atoms with Crippen LogP contribution in [0.4, 0.5) is 11.4 Å². The smallest absolute Gasteiger partial charge is 0.360 e. The number of rotatable bonds is 6. The third-order valence-corrected chi connectivity index (χ3v) is 4.41. The number of hydrogen-bond donors (Lipinski definition) is 2. The molecule has 3 rings (SSSR count). The molecule has 1 heterocycles. The number of aryl methyl sites for hydroxylation is 1. The second kappa shape index (κ2) is 8.12. The molecule has 0 radical (unpaired) electrons. The summed E-state index contributed by atoms with van der Waals surface area (Å²) in [7, 11) is 0. The predicted octanol–water partition coefficient (Wildman–Crippen LogP) is 2.91. The van der Waals surface area contributed by atoms with Crippen LogP contribution in [0.3, 0.4) is 0 Å². The summed E-state index contributed by atoms with van der Waals surface area (Å²) in [4.78, 5) is 36.6. The molecule has 2 aromatic rings. The van der Waals surface area contributed by atoms with Crippen LogP contribution in [0.2, 0.25) is 0 Å². The van der Waals surface area contributed by atoms with Crippen molar-refractivity contribution >= 4 is 29.2 Å². The van der Waals surface area contributed by atoms with E-state index < -0.39 is 17.5 Å². The van der Waals surface area contributed by atoms with Crippen molar-refractivity contribution in [2.24, 2.45) is 0 Å². The lowest BCUT2D eigenvalue weighted by Gasteiger charge is -2.32. The van der Waals surface area contributed by atoms with Crippen molar-refractivity contribution < 1.29 is 23.9 Å². The minimum atomic E-state index is -1.78. The summed E-state index contributed by atoms with van der Waals surface area (Å²) in [6, 6.07) is 14.6. The van der Waals surface area contributed by atoms with Crippen LogP contribution in [0, 0.1) is 0 Å². The minimum absolute atomic E-state index is 0.134. The molecule has 28 heavy (non-hydrogen) atoms. The van der Waals surface area contributed by atoms with Gasteiger partial charge < -0.3 is 20.1 Å². The number of esters is 1. The van der Waals surface area contributed by atoms with Crippen LogP contribution in [0.25, 0.3) is 0 Å². The Labute approximate surface area is 163 Å². The number of fused-ring (bicyclic) bond motifs is 1. The Hall–Kier alpha value is -3.35. The molecular formula is C21H22N2O5. The first-order valence-corrected chi connectivity index (χ1v) is 9.08. The lowest BCUT2D eigenvalue weighted by atomic mass is 10.0. The molecule has 2 amide bonds. The fourth-order valence-corrected chi connectivity index (χ4v) is 2.82. The van der Waals surface area contributed by atoms with E-state index in [-0.39, 0.29) is 18.3 Å². The third-order valence-electron chi connectivity index (χ3n) is 4.41. The molecule has 0 aromatic heterocycles. The molecule has 0 spiro atoms. The molecule has 1 atom stereocenters. The van der Waals surface area contributed by atoms with E-state index in [9.17, 15) is 14.4 Å². The summed E-state index contributed by atoms with van der Waals surface area (Å²) < 4.78 is 10.6. The average molecular weight is 382 g/mol. The third kappa shape index (κ3) is 4.14. The van der Waals surface area contributed by atoms with Crippen LogP contribution in [0.15, 0.2) is 48.5 Å². The maximum Gasteiger partial charge on any atom is 0.360 e. The van der Waals surface area contributed by atoms with Gasteiger partial charge in [-0.3, -0.25) is 9.59 Å². The number of ether oxygens (including phenoxy) is 2. The van der Waals surface area contributed by atoms with Crippen molar-refractivity contribution in [1.82, 2.24) is 0 Å². The maximum absolute atomic E-state index is 12.3. The first-order chi connectivity index (χ1) is 13.4. The molecule has 0 aliphatic carbocycles. The summed E-state index contributed by atoms with van der Waals surface area (Å²) in [5.74, 6) is -1.22. The number of benzene rings is 2. The van der Waals surface area contributed by atoms with E-state index >= 15 is 0 Å². The highest BCUT2D eigenvalue weighted by atomic mass is 16.6. The fourth-order valence-electron chi connectivity index (χ4n) is 2.82. The fraction of sp³-hybridized carbons (Fsp3) is 0.286. The number of anilines is 2. The highest BCUT2D eigenvalue weighted by Crippen LogP contribution is 2.36. The Morgan fingerprint density at radius 2 is 1.93 bits per heavy atom. The molecule has 2 N–H and O–H groups in total. The van der Waals surface area contributed by atoms with Gasteiger partial charge in [0.1, 0.15) is 5.75 Å². The van der Waals surface area contributed by atoms with Gasteiger partial charge in [-0.15, -0.1) is 0 Å². The van der Waals surface area contributed by atoms with Gasteiger partial charge in [0.25, 0.3) is 11.5 Å². The van der Waals surface area contributed by atoms with Gasteiger partial charge in [-0.2, -0.15) is 0 Å². The monoisotopic (exact) mass is 382 g/mol. The van der Waals surface area contributed by atoms with Crippen molar-refractivity contribution in [3.05, 3.63) is 54.1 Å². The van der Waals surface area contributed by atoms with Crippen LogP contribution < -0.4 is 15.4 Å². The van der Waals surface area contributed by atoms with E-state index in [0.717, 1.165) is 5.56 Å². The zero-order valence-corrected chi connectivity index (χ0v) is 15.8. The quantitative estimate of drug-likeness (QED) is 0.592. The molecule has 7 heteroatoms. The van der Waals surface area contributed by atoms with Gasteiger partial charge in [-0.1, -0.05) is 30.3 Å². The number of carbonyl (C=O) groups excluding carboxylic acids is 3. The summed E-state index contributed by atoms with van der Waals surface area (Å²) in [5.41, 5.74) is 0.242. The van der Waals surface area contributed by atoms with Gasteiger partial charge in [0.05, 0.1) is 12.3 Å². The van der Waals surface area contributed by atoms with Gasteiger partial charge in [-0.25, -0.2) is 4.79 Å². The van der Waals surface area contributed by atoms with Gasteiger partial charge in [0.2, 0.25) is 5.91 Å². The number of nitrogens with one attached hydrogen (secondary N) is 2. The standard InChI is InChI=1S/C21H22N2O5/c1-3-27-20(26)21(2)19(25)23-16-11-10-15(13-17(16)28-21)22-18(24)12-9-14-7-5-4-6-8-14/h4-8,10-11,13H,3,9,12H2,1-2H3,(H,22,24)(H,23,25)/t21-/m1/s1. The van der Waals surface area contributed by atoms with Crippen LogP contribution in [0.5, 0.6) is 5.75 Å². The summed E-state index contributed by atoms with van der Waals surface area (Å²) in [6.07, 6.45) is 0.963. The molecule has 0 bridgehead atoms. The Bertz CT molecular complexity index is 897. The molecule has 7 nitrogen and oxygen atoms in total. The molecular weight excluding hydrogens is 360 g/mol. The van der Waals surface area contributed by atoms with Crippen LogP contribution >= 0.6 is 0 Å². The normalized spacial score (nSPS) is 17.7. The van der Waals surface area contributed by atoms with E-state index in [4.69, 9.17) is 9.47 Å². The largest absolute Gasteiger partial charge is 0.464 e. The second-order valence-corrected chi connectivity index (χ2v) is 6.55. The number of hydrogen-bond acceptors (Lipinski definition) is 5. The molecule has 146 valence electrons. The lowest BCUT2D eigenvalue weighted by molar-refractivity contribution is -0.165. The van der Waals surface area contributed by atoms with Gasteiger partial charge in [0.15, 0.2) is 0 Å². The van der Waals surface area contributed by atoms with E-state index in [1.165, 1.54) is 6.92 Å². The number of amides is 2. The molecule has 0 fully saturated rings. The molecule has 0 saturated carbocycles. The van der Waals surface area contributed by atoms with Crippen LogP contribution in [-0.2, 0) is 25.5 Å². The molecule has 1 aliphatic heterocycles. The van der Waals surface area contributed by atoms with Gasteiger partial charge in [0, 0.05) is 18.2 Å². The average Bonchev–Trinajstić information content (AvgIpc) is 2.68. The highest BCUT2D eigenvalue weighted by Gasteiger charge is 2.48. The summed E-state index contributed by atoms with van der Waals surface area (Å²) in [5, 5.41) is 5.45. The minimum Gasteiger partial charge on any atom is -0.464 e. The second-order valence-electron chi connectivity index (χ2n) is 6.55. The Morgan fingerprint density at radius 1 is 1.18 bits per heavy atom. The van der Waals surface area contributed by atoms with E-state index in [1.807, 2.05) is 30.3 Å².